The van der Waals surface area contributed by atoms with Crippen LogP contribution in [0.4, 0.5) is 0 Å². The third-order valence-corrected chi connectivity index (χ3v) is 3.73. The third kappa shape index (κ3) is 4.11. The molecular formula is C16H23NO4. The Hall–Kier alpha value is -1.75. The molecule has 21 heavy (non-hydrogen) atoms. The molecule has 1 aliphatic heterocycles. The summed E-state index contributed by atoms with van der Waals surface area (Å²) in [6.07, 6.45) is 2.76. The van der Waals surface area contributed by atoms with E-state index in [0.29, 0.717) is 11.5 Å². The first kappa shape index (κ1) is 15.6. The quantitative estimate of drug-likeness (QED) is 0.903. The fourth-order valence-corrected chi connectivity index (χ4v) is 2.44. The predicted octanol–water partition coefficient (Wildman–Crippen LogP) is 2.14. The lowest BCUT2D eigenvalue weighted by Crippen LogP contribution is -2.38. The van der Waals surface area contributed by atoms with Gasteiger partial charge < -0.3 is 19.5 Å². The number of benzene rings is 1. The van der Waals surface area contributed by atoms with Crippen molar-refractivity contribution in [3.8, 4) is 11.5 Å². The molecule has 0 bridgehead atoms. The second kappa shape index (κ2) is 7.31. The molecule has 1 amide bonds. The summed E-state index contributed by atoms with van der Waals surface area (Å²) >= 11 is 0. The van der Waals surface area contributed by atoms with Gasteiger partial charge in [-0.2, -0.15) is 0 Å². The van der Waals surface area contributed by atoms with E-state index in [9.17, 15) is 9.90 Å². The minimum Gasteiger partial charge on any atom is -0.493 e. The number of hydrogen-bond acceptors (Lipinski definition) is 4. The van der Waals surface area contributed by atoms with Crippen LogP contribution in [0.15, 0.2) is 18.2 Å². The van der Waals surface area contributed by atoms with Gasteiger partial charge in [-0.3, -0.25) is 4.79 Å². The summed E-state index contributed by atoms with van der Waals surface area (Å²) in [6.45, 7) is 3.35. The van der Waals surface area contributed by atoms with E-state index in [2.05, 4.69) is 0 Å². The first-order chi connectivity index (χ1) is 10.1. The van der Waals surface area contributed by atoms with Crippen molar-refractivity contribution in [1.82, 2.24) is 4.90 Å². The molecule has 1 unspecified atom stereocenters. The second-order valence-corrected chi connectivity index (χ2v) is 5.32. The maximum atomic E-state index is 12.1. The molecule has 1 saturated heterocycles. The number of hydrogen-bond donors (Lipinski definition) is 1. The Labute approximate surface area is 125 Å². The fourth-order valence-electron chi connectivity index (χ4n) is 2.44. The van der Waals surface area contributed by atoms with Crippen molar-refractivity contribution in [2.75, 3.05) is 26.8 Å². The highest BCUT2D eigenvalue weighted by Gasteiger charge is 2.17. The van der Waals surface area contributed by atoms with Gasteiger partial charge in [0.05, 0.1) is 13.2 Å². The van der Waals surface area contributed by atoms with Crippen molar-refractivity contribution in [2.24, 2.45) is 0 Å². The summed E-state index contributed by atoms with van der Waals surface area (Å²) in [5.41, 5.74) is 0.751. The van der Waals surface area contributed by atoms with Crippen molar-refractivity contribution < 1.29 is 19.4 Å². The average Bonchev–Trinajstić information content (AvgIpc) is 2.53. The van der Waals surface area contributed by atoms with E-state index in [4.69, 9.17) is 9.47 Å². The molecule has 0 radical (unpaired) electrons. The molecule has 0 saturated carbocycles. The first-order valence-corrected chi connectivity index (χ1v) is 7.38. The zero-order valence-electron chi connectivity index (χ0n) is 12.7. The monoisotopic (exact) mass is 293 g/mol. The van der Waals surface area contributed by atoms with Crippen molar-refractivity contribution in [2.45, 2.75) is 32.3 Å². The number of aliphatic hydroxyl groups is 1. The lowest BCUT2D eigenvalue weighted by atomic mass is 10.1. The Morgan fingerprint density at radius 2 is 2.00 bits per heavy atom. The molecule has 0 aromatic heterocycles. The van der Waals surface area contributed by atoms with E-state index >= 15 is 0 Å². The van der Waals surface area contributed by atoms with Gasteiger partial charge in [0, 0.05) is 13.1 Å². The molecule has 1 aliphatic rings. The molecule has 1 heterocycles. The van der Waals surface area contributed by atoms with Crippen molar-refractivity contribution in [3.63, 3.8) is 0 Å². The minimum atomic E-state index is -0.567. The van der Waals surface area contributed by atoms with E-state index in [1.807, 2.05) is 4.90 Å². The highest BCUT2D eigenvalue weighted by Crippen LogP contribution is 2.30. The summed E-state index contributed by atoms with van der Waals surface area (Å²) in [5.74, 6) is 1.06. The molecular weight excluding hydrogens is 270 g/mol. The molecule has 2 rings (SSSR count). The molecule has 1 aromatic carbocycles. The smallest absolute Gasteiger partial charge is 0.260 e. The van der Waals surface area contributed by atoms with Gasteiger partial charge in [-0.05, 0) is 43.9 Å². The molecule has 0 aliphatic carbocycles. The average molecular weight is 293 g/mol. The lowest BCUT2D eigenvalue weighted by Gasteiger charge is -2.26. The van der Waals surface area contributed by atoms with E-state index in [1.54, 1.807) is 32.2 Å². The minimum absolute atomic E-state index is 0.0105. The molecule has 116 valence electrons. The van der Waals surface area contributed by atoms with Crippen LogP contribution in [-0.2, 0) is 4.79 Å². The van der Waals surface area contributed by atoms with Crippen LogP contribution in [0.25, 0.3) is 0 Å². The third-order valence-electron chi connectivity index (χ3n) is 3.73. The van der Waals surface area contributed by atoms with Gasteiger partial charge in [-0.1, -0.05) is 6.07 Å². The SMILES string of the molecule is COc1cc(C(C)O)ccc1OCC(=O)N1CCCCC1. The summed E-state index contributed by atoms with van der Waals surface area (Å²) in [4.78, 5) is 13.9. The molecule has 0 spiro atoms. The Balaban J connectivity index is 1.97. The summed E-state index contributed by atoms with van der Waals surface area (Å²) in [6, 6.07) is 5.23. The molecule has 1 fully saturated rings. The topological polar surface area (TPSA) is 59.0 Å². The Kier molecular flexibility index (Phi) is 5.44. The number of amides is 1. The number of aliphatic hydroxyl groups excluding tert-OH is 1. The van der Waals surface area contributed by atoms with Crippen molar-refractivity contribution >= 4 is 5.91 Å². The van der Waals surface area contributed by atoms with Gasteiger partial charge in [-0.15, -0.1) is 0 Å². The maximum Gasteiger partial charge on any atom is 0.260 e. The Morgan fingerprint density at radius 3 is 2.62 bits per heavy atom. The van der Waals surface area contributed by atoms with Crippen LogP contribution in [0.2, 0.25) is 0 Å². The van der Waals surface area contributed by atoms with Gasteiger partial charge in [0.2, 0.25) is 0 Å². The molecule has 1 aromatic rings. The van der Waals surface area contributed by atoms with Gasteiger partial charge in [0.25, 0.3) is 5.91 Å². The fraction of sp³-hybridized carbons (Fsp3) is 0.562. The van der Waals surface area contributed by atoms with Gasteiger partial charge >= 0.3 is 0 Å². The van der Waals surface area contributed by atoms with Crippen LogP contribution in [0, 0.1) is 0 Å². The van der Waals surface area contributed by atoms with E-state index in [-0.39, 0.29) is 12.5 Å². The van der Waals surface area contributed by atoms with Crippen LogP contribution >= 0.6 is 0 Å². The molecule has 5 heteroatoms. The van der Waals surface area contributed by atoms with E-state index < -0.39 is 6.10 Å². The number of ether oxygens (including phenoxy) is 2. The van der Waals surface area contributed by atoms with E-state index in [1.165, 1.54) is 6.42 Å². The largest absolute Gasteiger partial charge is 0.493 e. The van der Waals surface area contributed by atoms with Crippen LogP contribution < -0.4 is 9.47 Å². The Morgan fingerprint density at radius 1 is 1.29 bits per heavy atom. The van der Waals surface area contributed by atoms with Crippen LogP contribution in [0.3, 0.4) is 0 Å². The molecule has 1 atom stereocenters. The Bertz CT molecular complexity index is 481. The summed E-state index contributed by atoms with van der Waals surface area (Å²) < 4.78 is 10.8. The van der Waals surface area contributed by atoms with Crippen LogP contribution in [0.1, 0.15) is 37.9 Å². The zero-order chi connectivity index (χ0) is 15.2. The highest BCUT2D eigenvalue weighted by molar-refractivity contribution is 5.78. The number of likely N-dealkylation sites (tertiary alicyclic amines) is 1. The van der Waals surface area contributed by atoms with Gasteiger partial charge in [0.15, 0.2) is 18.1 Å². The second-order valence-electron chi connectivity index (χ2n) is 5.32. The standard InChI is InChI=1S/C16H23NO4/c1-12(18)13-6-7-14(15(10-13)20-2)21-11-16(19)17-8-4-3-5-9-17/h6-7,10,12,18H,3-5,8-9,11H2,1-2H3. The number of rotatable bonds is 5. The van der Waals surface area contributed by atoms with Crippen LogP contribution in [-0.4, -0.2) is 42.7 Å². The zero-order valence-corrected chi connectivity index (χ0v) is 12.7. The van der Waals surface area contributed by atoms with E-state index in [0.717, 1.165) is 31.5 Å². The number of piperidine rings is 1. The summed E-state index contributed by atoms with van der Waals surface area (Å²) in [5, 5.41) is 9.57. The highest BCUT2D eigenvalue weighted by atomic mass is 16.5. The number of carbonyl (C=O) groups is 1. The predicted molar refractivity (Wildman–Crippen MR) is 79.6 cm³/mol. The van der Waals surface area contributed by atoms with Crippen molar-refractivity contribution in [1.29, 1.82) is 0 Å². The number of carbonyl (C=O) groups excluding carboxylic acids is 1. The lowest BCUT2D eigenvalue weighted by molar-refractivity contribution is -0.134. The van der Waals surface area contributed by atoms with Gasteiger partial charge in [-0.25, -0.2) is 0 Å². The van der Waals surface area contributed by atoms with Crippen molar-refractivity contribution in [3.05, 3.63) is 23.8 Å². The number of nitrogens with zero attached hydrogens (tertiary/aromatic N) is 1. The first-order valence-electron chi connectivity index (χ1n) is 7.38. The van der Waals surface area contributed by atoms with Gasteiger partial charge in [0.1, 0.15) is 0 Å². The molecule has 1 N–H and O–H groups in total. The van der Waals surface area contributed by atoms with Crippen LogP contribution in [0.5, 0.6) is 11.5 Å². The summed E-state index contributed by atoms with van der Waals surface area (Å²) in [7, 11) is 1.54. The normalized spacial score (nSPS) is 16.4. The number of methoxy groups -OCH3 is 1. The maximum absolute atomic E-state index is 12.1. The molecule has 5 nitrogen and oxygen atoms in total.